The molecule has 194 valence electrons. The Balaban J connectivity index is 0.00000304. The summed E-state index contributed by atoms with van der Waals surface area (Å²) in [6.07, 6.45) is 8.94. The molecule has 36 heavy (non-hydrogen) atoms. The molecule has 1 aromatic heterocycles. The van der Waals surface area contributed by atoms with E-state index in [4.69, 9.17) is 4.74 Å². The smallest absolute Gasteiger partial charge is 0.343 e. The molecule has 0 spiro atoms. The summed E-state index contributed by atoms with van der Waals surface area (Å²) in [6.45, 7) is 2.60. The van der Waals surface area contributed by atoms with Gasteiger partial charge in [-0.25, -0.2) is 19.7 Å². The number of aromatic nitrogens is 3. The molecule has 1 unspecified atom stereocenters. The average Bonchev–Trinajstić information content (AvgIpc) is 2.90. The first-order valence-electron chi connectivity index (χ1n) is 12.7. The molecule has 4 aliphatic rings. The van der Waals surface area contributed by atoms with Crippen molar-refractivity contribution in [2.45, 2.75) is 56.7 Å². The minimum Gasteiger partial charge on any atom is -1.00 e. The van der Waals surface area contributed by atoms with Crippen molar-refractivity contribution in [3.8, 4) is 0 Å². The Kier molecular flexibility index (Phi) is 8.37. The van der Waals surface area contributed by atoms with Crippen LogP contribution < -0.4 is 22.3 Å². The second kappa shape index (κ2) is 11.3. The molecule has 2 atom stereocenters. The summed E-state index contributed by atoms with van der Waals surface area (Å²) in [4.78, 5) is 38.2. The number of anilines is 1. The Morgan fingerprint density at radius 1 is 1.03 bits per heavy atom. The highest BCUT2D eigenvalue weighted by atomic mass is 79.9. The first kappa shape index (κ1) is 26.6. The number of aliphatic hydroxyl groups is 1. The lowest BCUT2D eigenvalue weighted by Crippen LogP contribution is -3.00. The normalized spacial score (nSPS) is 27.4. The maximum atomic E-state index is 13.7. The quantitative estimate of drug-likeness (QED) is 0.345. The van der Waals surface area contributed by atoms with Crippen LogP contribution in [-0.4, -0.2) is 68.7 Å². The summed E-state index contributed by atoms with van der Waals surface area (Å²) in [5.74, 6) is -0.358. The third kappa shape index (κ3) is 5.45. The lowest BCUT2D eigenvalue weighted by atomic mass is 9.73. The molecule has 0 radical (unpaired) electrons. The molecular weight excluding hydrogens is 526 g/mol. The maximum absolute atomic E-state index is 13.7. The molecule has 3 aliphatic heterocycles. The van der Waals surface area contributed by atoms with Crippen molar-refractivity contribution in [3.05, 3.63) is 48.5 Å². The summed E-state index contributed by atoms with van der Waals surface area (Å²) in [7, 11) is 0. The fourth-order valence-electron chi connectivity index (χ4n) is 6.31. The van der Waals surface area contributed by atoms with Crippen molar-refractivity contribution in [2.24, 2.45) is 11.8 Å². The number of amides is 1. The van der Waals surface area contributed by atoms with Gasteiger partial charge in [0.2, 0.25) is 5.95 Å². The van der Waals surface area contributed by atoms with Gasteiger partial charge in [-0.15, -0.1) is 0 Å². The van der Waals surface area contributed by atoms with Gasteiger partial charge in [-0.05, 0) is 18.4 Å². The highest BCUT2D eigenvalue weighted by molar-refractivity contribution is 5.89. The Bertz CT molecular complexity index is 1030. The Labute approximate surface area is 222 Å². The predicted octanol–water partition coefficient (Wildman–Crippen LogP) is -0.566. The van der Waals surface area contributed by atoms with Gasteiger partial charge in [-0.1, -0.05) is 49.6 Å². The third-order valence-corrected chi connectivity index (χ3v) is 8.24. The zero-order chi connectivity index (χ0) is 24.3. The molecule has 4 fully saturated rings. The molecule has 2 aromatic rings. The lowest BCUT2D eigenvalue weighted by Gasteiger charge is -2.52. The van der Waals surface area contributed by atoms with E-state index in [0.29, 0.717) is 16.6 Å². The number of benzene rings is 1. The lowest BCUT2D eigenvalue weighted by molar-refractivity contribution is -0.939. The van der Waals surface area contributed by atoms with Crippen molar-refractivity contribution in [3.63, 3.8) is 0 Å². The van der Waals surface area contributed by atoms with Crippen LogP contribution in [0.4, 0.5) is 5.95 Å². The van der Waals surface area contributed by atoms with Crippen LogP contribution in [0.1, 0.15) is 50.5 Å². The van der Waals surface area contributed by atoms with Crippen LogP contribution >= 0.6 is 0 Å². The number of quaternary nitrogens is 1. The zero-order valence-electron chi connectivity index (χ0n) is 20.4. The van der Waals surface area contributed by atoms with E-state index in [-0.39, 0.29) is 53.3 Å². The van der Waals surface area contributed by atoms with Gasteiger partial charge in [-0.2, -0.15) is 0 Å². The molecule has 6 rings (SSSR count). The van der Waals surface area contributed by atoms with E-state index < -0.39 is 11.6 Å². The van der Waals surface area contributed by atoms with Crippen LogP contribution in [0.25, 0.3) is 0 Å². The van der Waals surface area contributed by atoms with Gasteiger partial charge in [0.25, 0.3) is 5.91 Å². The molecule has 4 heterocycles. The number of fused-ring (bicyclic) bond motifs is 3. The largest absolute Gasteiger partial charge is 1.00 e. The Hall–Kier alpha value is -2.43. The number of nitrogens with zero attached hydrogens (tertiary/aromatic N) is 4. The van der Waals surface area contributed by atoms with E-state index in [1.165, 1.54) is 12.7 Å². The van der Waals surface area contributed by atoms with Gasteiger partial charge in [-0.3, -0.25) is 10.1 Å². The third-order valence-electron chi connectivity index (χ3n) is 8.24. The molecule has 1 saturated carbocycles. The molecule has 1 aromatic carbocycles. The molecular formula is C26H34BrN5O4. The topological polar surface area (TPSA) is 114 Å². The molecule has 1 aliphatic carbocycles. The van der Waals surface area contributed by atoms with Crippen molar-refractivity contribution in [2.75, 3.05) is 31.5 Å². The van der Waals surface area contributed by atoms with Crippen molar-refractivity contribution < 1.29 is 40.9 Å². The maximum Gasteiger partial charge on any atom is 0.343 e. The SMILES string of the molecule is O=C(C[N+]12CCC(CC1)[C@@H](OC(=O)C(O)(c1ccccc1)C1CCCCC1)C2)Nc1ncncn1.[Br-]. The first-order chi connectivity index (χ1) is 17.0. The first-order valence-corrected chi connectivity index (χ1v) is 12.7. The number of carbonyl (C=O) groups excluding carboxylic acids is 2. The van der Waals surface area contributed by atoms with E-state index >= 15 is 0 Å². The average molecular weight is 560 g/mol. The molecule has 2 bridgehead atoms. The number of esters is 1. The number of rotatable bonds is 7. The number of piperidine rings is 3. The molecule has 10 heteroatoms. The van der Waals surface area contributed by atoms with E-state index in [1.54, 1.807) is 0 Å². The molecule has 3 saturated heterocycles. The van der Waals surface area contributed by atoms with Gasteiger partial charge in [0.15, 0.2) is 18.2 Å². The molecule has 9 nitrogen and oxygen atoms in total. The standard InChI is InChI=1S/C26H33N5O4.BrH/c32-23(30-25-28-17-27-18-29-25)16-31-13-11-19(12-14-31)22(15-31)35-24(33)26(34,20-7-3-1-4-8-20)21-9-5-2-6-10-21;/h1,3-4,7-8,17-19,21-22,34H,2,5-6,9-16H2;1H/t19?,22-,26?,31?;/m0./s1. The fraction of sp³-hybridized carbons (Fsp3) is 0.577. The second-order valence-corrected chi connectivity index (χ2v) is 10.4. The summed E-state index contributed by atoms with van der Waals surface area (Å²) in [5.41, 5.74) is -1.03. The number of nitrogens with one attached hydrogen (secondary N) is 1. The van der Waals surface area contributed by atoms with E-state index in [1.807, 2.05) is 30.3 Å². The van der Waals surface area contributed by atoms with Gasteiger partial charge in [0, 0.05) is 24.7 Å². The zero-order valence-corrected chi connectivity index (χ0v) is 22.0. The Morgan fingerprint density at radius 3 is 2.36 bits per heavy atom. The van der Waals surface area contributed by atoms with Gasteiger partial charge < -0.3 is 31.3 Å². The van der Waals surface area contributed by atoms with E-state index in [9.17, 15) is 14.7 Å². The minimum atomic E-state index is -1.64. The summed E-state index contributed by atoms with van der Waals surface area (Å²) >= 11 is 0. The van der Waals surface area contributed by atoms with Gasteiger partial charge in [0.1, 0.15) is 19.2 Å². The predicted molar refractivity (Wildman–Crippen MR) is 128 cm³/mol. The van der Waals surface area contributed by atoms with Crippen LogP contribution in [0.3, 0.4) is 0 Å². The number of halogens is 1. The van der Waals surface area contributed by atoms with Crippen LogP contribution in [-0.2, 0) is 19.9 Å². The Morgan fingerprint density at radius 2 is 1.69 bits per heavy atom. The van der Waals surface area contributed by atoms with Crippen molar-refractivity contribution in [1.82, 2.24) is 15.0 Å². The van der Waals surface area contributed by atoms with Crippen LogP contribution in [0, 0.1) is 11.8 Å². The monoisotopic (exact) mass is 559 g/mol. The number of hydrogen-bond acceptors (Lipinski definition) is 7. The molecule has 2 N–H and O–H groups in total. The minimum absolute atomic E-state index is 0. The summed E-state index contributed by atoms with van der Waals surface area (Å²) in [5, 5.41) is 14.6. The van der Waals surface area contributed by atoms with E-state index in [0.717, 1.165) is 58.0 Å². The highest BCUT2D eigenvalue weighted by Gasteiger charge is 2.52. The van der Waals surface area contributed by atoms with Gasteiger partial charge >= 0.3 is 5.97 Å². The highest BCUT2D eigenvalue weighted by Crippen LogP contribution is 2.42. The summed E-state index contributed by atoms with van der Waals surface area (Å²) in [6, 6.07) is 9.25. The van der Waals surface area contributed by atoms with Crippen LogP contribution in [0.5, 0.6) is 0 Å². The van der Waals surface area contributed by atoms with E-state index in [2.05, 4.69) is 20.3 Å². The number of hydrogen-bond donors (Lipinski definition) is 2. The van der Waals surface area contributed by atoms with Crippen LogP contribution in [0.15, 0.2) is 43.0 Å². The van der Waals surface area contributed by atoms with Crippen LogP contribution in [0.2, 0.25) is 0 Å². The summed E-state index contributed by atoms with van der Waals surface area (Å²) < 4.78 is 6.72. The van der Waals surface area contributed by atoms with Crippen molar-refractivity contribution >= 4 is 17.8 Å². The van der Waals surface area contributed by atoms with Crippen molar-refractivity contribution in [1.29, 1.82) is 0 Å². The second-order valence-electron chi connectivity index (χ2n) is 10.4. The molecule has 1 amide bonds. The number of ether oxygens (including phenoxy) is 1. The number of carbonyl (C=O) groups is 2. The fourth-order valence-corrected chi connectivity index (χ4v) is 6.31. The van der Waals surface area contributed by atoms with Gasteiger partial charge in [0.05, 0.1) is 13.1 Å².